The molecule has 0 spiro atoms. The number of methoxy groups -OCH3 is 1. The molecule has 8 heteroatoms. The van der Waals surface area contributed by atoms with Gasteiger partial charge in [0.25, 0.3) is 0 Å². The van der Waals surface area contributed by atoms with E-state index in [4.69, 9.17) is 0 Å². The lowest BCUT2D eigenvalue weighted by Crippen LogP contribution is -2.36. The molecular formula is C19H25ClN2O4S. The number of hydrogen-bond acceptors (Lipinski definition) is 5. The van der Waals surface area contributed by atoms with Crippen molar-refractivity contribution in [2.24, 2.45) is 0 Å². The van der Waals surface area contributed by atoms with Gasteiger partial charge in [0.15, 0.2) is 0 Å². The van der Waals surface area contributed by atoms with Crippen molar-refractivity contribution in [3.63, 3.8) is 0 Å². The first kappa shape index (κ1) is 23.1. The van der Waals surface area contributed by atoms with Crippen LogP contribution in [0.2, 0.25) is 0 Å². The van der Waals surface area contributed by atoms with Gasteiger partial charge in [-0.15, -0.1) is 12.4 Å². The van der Waals surface area contributed by atoms with Crippen molar-refractivity contribution in [3.8, 4) is 0 Å². The zero-order valence-electron chi connectivity index (χ0n) is 15.7. The average molecular weight is 413 g/mol. The van der Waals surface area contributed by atoms with E-state index in [1.54, 1.807) is 0 Å². The Bertz CT molecular complexity index is 825. The highest BCUT2D eigenvalue weighted by atomic mass is 35.5. The van der Waals surface area contributed by atoms with E-state index in [0.717, 1.165) is 5.56 Å². The molecule has 0 atom stereocenters. The number of halogens is 1. The SMILES string of the molecule is COC(=O)c1ccc(S(=O)(=O)N(CCN(C)C)Cc2ccccc2)cc1.Cl. The molecule has 0 aliphatic heterocycles. The molecule has 0 heterocycles. The summed E-state index contributed by atoms with van der Waals surface area (Å²) >= 11 is 0. The van der Waals surface area contributed by atoms with E-state index in [0.29, 0.717) is 18.7 Å². The summed E-state index contributed by atoms with van der Waals surface area (Å²) in [5.41, 5.74) is 1.23. The van der Waals surface area contributed by atoms with Crippen molar-refractivity contribution in [2.75, 3.05) is 34.3 Å². The summed E-state index contributed by atoms with van der Waals surface area (Å²) in [5.74, 6) is -0.498. The lowest BCUT2D eigenvalue weighted by molar-refractivity contribution is 0.0600. The first-order valence-corrected chi connectivity index (χ1v) is 9.66. The first-order valence-electron chi connectivity index (χ1n) is 8.22. The predicted octanol–water partition coefficient (Wildman–Crippen LogP) is 2.65. The maximum absolute atomic E-state index is 13.1. The normalized spacial score (nSPS) is 11.3. The van der Waals surface area contributed by atoms with Crippen LogP contribution in [0.4, 0.5) is 0 Å². The smallest absolute Gasteiger partial charge is 0.337 e. The van der Waals surface area contributed by atoms with E-state index >= 15 is 0 Å². The lowest BCUT2D eigenvalue weighted by atomic mass is 10.2. The number of nitrogens with zero attached hydrogens (tertiary/aromatic N) is 2. The van der Waals surface area contributed by atoms with Crippen molar-refractivity contribution in [2.45, 2.75) is 11.4 Å². The molecule has 2 rings (SSSR count). The van der Waals surface area contributed by atoms with Gasteiger partial charge in [0.2, 0.25) is 10.0 Å². The largest absolute Gasteiger partial charge is 0.465 e. The number of carbonyl (C=O) groups excluding carboxylic acids is 1. The van der Waals surface area contributed by atoms with E-state index in [1.165, 1.54) is 35.7 Å². The summed E-state index contributed by atoms with van der Waals surface area (Å²) < 4.78 is 32.3. The van der Waals surface area contributed by atoms with Crippen molar-refractivity contribution in [1.82, 2.24) is 9.21 Å². The average Bonchev–Trinajstić information content (AvgIpc) is 2.65. The number of ether oxygens (including phenoxy) is 1. The van der Waals surface area contributed by atoms with Gasteiger partial charge in [-0.3, -0.25) is 0 Å². The molecule has 2 aromatic rings. The van der Waals surface area contributed by atoms with Crippen LogP contribution in [-0.4, -0.2) is 57.9 Å². The van der Waals surface area contributed by atoms with Crippen molar-refractivity contribution >= 4 is 28.4 Å². The minimum absolute atomic E-state index is 0. The summed E-state index contributed by atoms with van der Waals surface area (Å²) in [7, 11) is 1.40. The minimum atomic E-state index is -3.69. The molecule has 0 unspecified atom stereocenters. The maximum Gasteiger partial charge on any atom is 0.337 e. The third-order valence-corrected chi connectivity index (χ3v) is 5.77. The Labute approximate surface area is 167 Å². The second-order valence-electron chi connectivity index (χ2n) is 6.14. The quantitative estimate of drug-likeness (QED) is 0.623. The molecule has 148 valence electrons. The number of benzene rings is 2. The zero-order valence-corrected chi connectivity index (χ0v) is 17.3. The summed E-state index contributed by atoms with van der Waals surface area (Å²) in [4.78, 5) is 13.6. The predicted molar refractivity (Wildman–Crippen MR) is 108 cm³/mol. The fraction of sp³-hybridized carbons (Fsp3) is 0.316. The Hall–Kier alpha value is -1.93. The first-order chi connectivity index (χ1) is 12.3. The van der Waals surface area contributed by atoms with Gasteiger partial charge in [-0.1, -0.05) is 30.3 Å². The molecule has 0 saturated carbocycles. The van der Waals surface area contributed by atoms with E-state index in [9.17, 15) is 13.2 Å². The van der Waals surface area contributed by atoms with Gasteiger partial charge in [-0.05, 0) is 43.9 Å². The second kappa shape index (κ2) is 10.4. The number of hydrogen-bond donors (Lipinski definition) is 0. The molecule has 0 aromatic heterocycles. The monoisotopic (exact) mass is 412 g/mol. The van der Waals surface area contributed by atoms with Crippen molar-refractivity contribution in [1.29, 1.82) is 0 Å². The van der Waals surface area contributed by atoms with E-state index in [2.05, 4.69) is 4.74 Å². The molecule has 0 radical (unpaired) electrons. The minimum Gasteiger partial charge on any atom is -0.465 e. The Morgan fingerprint density at radius 1 is 0.963 bits per heavy atom. The number of esters is 1. The molecule has 0 N–H and O–H groups in total. The Kier molecular flexibility index (Phi) is 8.92. The van der Waals surface area contributed by atoms with E-state index < -0.39 is 16.0 Å². The Morgan fingerprint density at radius 2 is 1.56 bits per heavy atom. The fourth-order valence-electron chi connectivity index (χ4n) is 2.41. The van der Waals surface area contributed by atoms with Gasteiger partial charge in [0, 0.05) is 19.6 Å². The van der Waals surface area contributed by atoms with Gasteiger partial charge in [-0.25, -0.2) is 13.2 Å². The van der Waals surface area contributed by atoms with Crippen LogP contribution >= 0.6 is 12.4 Å². The summed E-state index contributed by atoms with van der Waals surface area (Å²) in [6.45, 7) is 1.26. The van der Waals surface area contributed by atoms with Gasteiger partial charge in [0.1, 0.15) is 0 Å². The fourth-order valence-corrected chi connectivity index (χ4v) is 3.83. The lowest BCUT2D eigenvalue weighted by Gasteiger charge is -2.24. The standard InChI is InChI=1S/C19H24N2O4S.ClH/c1-20(2)13-14-21(15-16-7-5-4-6-8-16)26(23,24)18-11-9-17(10-12-18)19(22)25-3;/h4-12H,13-15H2,1-3H3;1H. The molecule has 6 nitrogen and oxygen atoms in total. The van der Waals surface area contributed by atoms with Gasteiger partial charge in [0.05, 0.1) is 17.6 Å². The van der Waals surface area contributed by atoms with Gasteiger partial charge >= 0.3 is 5.97 Å². The second-order valence-corrected chi connectivity index (χ2v) is 8.08. The summed E-state index contributed by atoms with van der Waals surface area (Å²) in [6.07, 6.45) is 0. The van der Waals surface area contributed by atoms with Crippen LogP contribution in [0.1, 0.15) is 15.9 Å². The third-order valence-electron chi connectivity index (χ3n) is 3.91. The van der Waals surface area contributed by atoms with Crippen LogP contribution in [0.25, 0.3) is 0 Å². The molecule has 0 fully saturated rings. The van der Waals surface area contributed by atoms with Gasteiger partial charge < -0.3 is 9.64 Å². The number of rotatable bonds is 8. The molecule has 0 aliphatic rings. The topological polar surface area (TPSA) is 66.9 Å². The summed E-state index contributed by atoms with van der Waals surface area (Å²) in [5, 5.41) is 0. The molecule has 0 amide bonds. The molecule has 0 bridgehead atoms. The third kappa shape index (κ3) is 6.32. The Balaban J connectivity index is 0.00000364. The molecule has 2 aromatic carbocycles. The van der Waals surface area contributed by atoms with Crippen LogP contribution in [0.5, 0.6) is 0 Å². The van der Waals surface area contributed by atoms with Crippen molar-refractivity contribution < 1.29 is 17.9 Å². The van der Waals surface area contributed by atoms with Crippen LogP contribution in [-0.2, 0) is 21.3 Å². The molecule has 0 aliphatic carbocycles. The zero-order chi connectivity index (χ0) is 19.2. The number of likely N-dealkylation sites (N-methyl/N-ethyl adjacent to an activating group) is 1. The number of sulfonamides is 1. The Morgan fingerprint density at radius 3 is 2.07 bits per heavy atom. The highest BCUT2D eigenvalue weighted by Crippen LogP contribution is 2.19. The molecule has 0 saturated heterocycles. The van der Waals surface area contributed by atoms with Gasteiger partial charge in [-0.2, -0.15) is 4.31 Å². The molecule has 27 heavy (non-hydrogen) atoms. The van der Waals surface area contributed by atoms with Crippen LogP contribution in [0, 0.1) is 0 Å². The van der Waals surface area contributed by atoms with Crippen molar-refractivity contribution in [3.05, 3.63) is 65.7 Å². The maximum atomic E-state index is 13.1. The highest BCUT2D eigenvalue weighted by molar-refractivity contribution is 7.89. The summed E-state index contributed by atoms with van der Waals surface area (Å²) in [6, 6.07) is 15.3. The van der Waals surface area contributed by atoms with Crippen LogP contribution in [0.15, 0.2) is 59.5 Å². The van der Waals surface area contributed by atoms with E-state index in [-0.39, 0.29) is 23.8 Å². The van der Waals surface area contributed by atoms with Crippen LogP contribution in [0.3, 0.4) is 0 Å². The van der Waals surface area contributed by atoms with E-state index in [1.807, 2.05) is 49.3 Å². The molecular weight excluding hydrogens is 388 g/mol. The highest BCUT2D eigenvalue weighted by Gasteiger charge is 2.25. The number of carbonyl (C=O) groups is 1. The van der Waals surface area contributed by atoms with Crippen LogP contribution < -0.4 is 0 Å².